The maximum Gasteiger partial charge on any atom is 0.317 e. The molecule has 0 aliphatic carbocycles. The third kappa shape index (κ3) is 7.30. The highest BCUT2D eigenvalue weighted by molar-refractivity contribution is 6.31. The van der Waals surface area contributed by atoms with Crippen LogP contribution in [0.25, 0.3) is 0 Å². The third-order valence-corrected chi connectivity index (χ3v) is 3.42. The number of carboxylic acid groups (broad SMARTS) is 1. The van der Waals surface area contributed by atoms with E-state index in [2.05, 4.69) is 5.32 Å². The molecule has 0 fully saturated rings. The Morgan fingerprint density at radius 2 is 2.17 bits per heavy atom. The molecule has 2 N–H and O–H groups in total. The van der Waals surface area contributed by atoms with Crippen LogP contribution in [0.15, 0.2) is 18.2 Å². The molecule has 128 valence electrons. The minimum absolute atomic E-state index is 0.0118. The van der Waals surface area contributed by atoms with Crippen molar-refractivity contribution in [3.05, 3.63) is 34.6 Å². The van der Waals surface area contributed by atoms with Gasteiger partial charge in [-0.05, 0) is 24.1 Å². The molecule has 1 rings (SSSR count). The van der Waals surface area contributed by atoms with Crippen molar-refractivity contribution in [1.82, 2.24) is 10.2 Å². The Balaban J connectivity index is 2.63. The lowest BCUT2D eigenvalue weighted by Gasteiger charge is -2.23. The topological polar surface area (TPSA) is 78.9 Å². The number of rotatable bonds is 9. The van der Waals surface area contributed by atoms with Crippen molar-refractivity contribution < 1.29 is 23.8 Å². The van der Waals surface area contributed by atoms with E-state index in [9.17, 15) is 14.0 Å². The van der Waals surface area contributed by atoms with Gasteiger partial charge in [0.25, 0.3) is 0 Å². The Hall–Kier alpha value is -1.86. The molecule has 0 heterocycles. The lowest BCUT2D eigenvalue weighted by atomic mass is 10.2. The van der Waals surface area contributed by atoms with Crippen LogP contribution in [0.1, 0.15) is 18.4 Å². The number of methoxy groups -OCH3 is 1. The predicted molar refractivity (Wildman–Crippen MR) is 84.0 cm³/mol. The SMILES string of the molecule is COCCN(Cc1ccc(F)cc1Cl)C(=O)NCCCC(=O)O. The second-order valence-corrected chi connectivity index (χ2v) is 5.29. The van der Waals surface area contributed by atoms with E-state index < -0.39 is 11.8 Å². The van der Waals surface area contributed by atoms with Gasteiger partial charge < -0.3 is 20.1 Å². The lowest BCUT2D eigenvalue weighted by Crippen LogP contribution is -2.41. The summed E-state index contributed by atoms with van der Waals surface area (Å²) < 4.78 is 18.0. The Kier molecular flexibility index (Phi) is 8.36. The molecule has 0 saturated heterocycles. The number of aliphatic carboxylic acids is 1. The molecule has 0 aliphatic rings. The van der Waals surface area contributed by atoms with Crippen LogP contribution >= 0.6 is 11.6 Å². The fraction of sp³-hybridized carbons (Fsp3) is 0.467. The molecule has 0 radical (unpaired) electrons. The number of nitrogens with zero attached hydrogens (tertiary/aromatic N) is 1. The van der Waals surface area contributed by atoms with Crippen molar-refractivity contribution in [2.45, 2.75) is 19.4 Å². The molecule has 6 nitrogen and oxygen atoms in total. The summed E-state index contributed by atoms with van der Waals surface area (Å²) in [6.45, 7) is 1.12. The summed E-state index contributed by atoms with van der Waals surface area (Å²) >= 11 is 5.98. The summed E-state index contributed by atoms with van der Waals surface area (Å²) in [6, 6.07) is 3.64. The molecular formula is C15H20ClFN2O4. The van der Waals surface area contributed by atoms with Gasteiger partial charge >= 0.3 is 12.0 Å². The van der Waals surface area contributed by atoms with Crippen molar-refractivity contribution >= 4 is 23.6 Å². The van der Waals surface area contributed by atoms with E-state index in [-0.39, 0.29) is 30.6 Å². The number of hydrogen-bond acceptors (Lipinski definition) is 3. The molecule has 0 atom stereocenters. The average Bonchev–Trinajstić information content (AvgIpc) is 2.49. The molecule has 1 aromatic carbocycles. The highest BCUT2D eigenvalue weighted by Crippen LogP contribution is 2.19. The lowest BCUT2D eigenvalue weighted by molar-refractivity contribution is -0.137. The zero-order chi connectivity index (χ0) is 17.2. The Labute approximate surface area is 139 Å². The Bertz CT molecular complexity index is 542. The van der Waals surface area contributed by atoms with E-state index in [1.807, 2.05) is 0 Å². The summed E-state index contributed by atoms with van der Waals surface area (Å²) in [5.41, 5.74) is 0.616. The van der Waals surface area contributed by atoms with Crippen molar-refractivity contribution in [2.75, 3.05) is 26.8 Å². The minimum Gasteiger partial charge on any atom is -0.481 e. The zero-order valence-electron chi connectivity index (χ0n) is 12.8. The van der Waals surface area contributed by atoms with Gasteiger partial charge in [0, 0.05) is 38.2 Å². The largest absolute Gasteiger partial charge is 0.481 e. The third-order valence-electron chi connectivity index (χ3n) is 3.07. The van der Waals surface area contributed by atoms with Crippen LogP contribution in [0.5, 0.6) is 0 Å². The van der Waals surface area contributed by atoms with Gasteiger partial charge in [0.05, 0.1) is 6.61 Å². The second kappa shape index (κ2) is 10.0. The monoisotopic (exact) mass is 346 g/mol. The molecule has 1 aromatic rings. The molecule has 2 amide bonds. The van der Waals surface area contributed by atoms with E-state index in [0.717, 1.165) is 0 Å². The van der Waals surface area contributed by atoms with Gasteiger partial charge in [-0.1, -0.05) is 17.7 Å². The number of carboxylic acids is 1. The van der Waals surface area contributed by atoms with E-state index >= 15 is 0 Å². The Morgan fingerprint density at radius 1 is 1.43 bits per heavy atom. The highest BCUT2D eigenvalue weighted by atomic mass is 35.5. The van der Waals surface area contributed by atoms with Gasteiger partial charge in [0.2, 0.25) is 0 Å². The summed E-state index contributed by atoms with van der Waals surface area (Å²) in [5, 5.41) is 11.5. The standard InChI is InChI=1S/C15H20ClFN2O4/c1-23-8-7-19(15(22)18-6-2-3-14(20)21)10-11-4-5-12(17)9-13(11)16/h4-5,9H,2-3,6-8,10H2,1H3,(H,18,22)(H,20,21). The minimum atomic E-state index is -0.909. The van der Waals surface area contributed by atoms with Crippen molar-refractivity contribution in [2.24, 2.45) is 0 Å². The number of hydrogen-bond donors (Lipinski definition) is 2. The van der Waals surface area contributed by atoms with Crippen LogP contribution in [0.3, 0.4) is 0 Å². The van der Waals surface area contributed by atoms with Crippen molar-refractivity contribution in [3.8, 4) is 0 Å². The summed E-state index contributed by atoms with van der Waals surface area (Å²) in [6.07, 6.45) is 0.332. The maximum absolute atomic E-state index is 13.1. The summed E-state index contributed by atoms with van der Waals surface area (Å²) in [4.78, 5) is 24.1. The average molecular weight is 347 g/mol. The normalized spacial score (nSPS) is 10.4. The van der Waals surface area contributed by atoms with E-state index in [0.29, 0.717) is 25.1 Å². The first kappa shape index (κ1) is 19.2. The van der Waals surface area contributed by atoms with Crippen LogP contribution in [0, 0.1) is 5.82 Å². The quantitative estimate of drug-likeness (QED) is 0.673. The number of urea groups is 1. The van der Waals surface area contributed by atoms with Crippen LogP contribution in [-0.4, -0.2) is 48.8 Å². The van der Waals surface area contributed by atoms with E-state index in [1.165, 1.54) is 30.2 Å². The van der Waals surface area contributed by atoms with Crippen LogP contribution < -0.4 is 5.32 Å². The maximum atomic E-state index is 13.1. The van der Waals surface area contributed by atoms with Crippen LogP contribution in [0.2, 0.25) is 5.02 Å². The Morgan fingerprint density at radius 3 is 2.78 bits per heavy atom. The van der Waals surface area contributed by atoms with Gasteiger partial charge in [-0.15, -0.1) is 0 Å². The smallest absolute Gasteiger partial charge is 0.317 e. The molecule has 0 aliphatic heterocycles. The molecule has 0 saturated carbocycles. The van der Waals surface area contributed by atoms with Gasteiger partial charge in [-0.2, -0.15) is 0 Å². The first-order valence-electron chi connectivity index (χ1n) is 7.11. The van der Waals surface area contributed by atoms with Gasteiger partial charge in [-0.25, -0.2) is 9.18 Å². The molecule has 0 unspecified atom stereocenters. The summed E-state index contributed by atoms with van der Waals surface area (Å²) in [5.74, 6) is -1.35. The molecule has 0 bridgehead atoms. The second-order valence-electron chi connectivity index (χ2n) is 4.88. The molecule has 0 spiro atoms. The zero-order valence-corrected chi connectivity index (χ0v) is 13.6. The van der Waals surface area contributed by atoms with Gasteiger partial charge in [-0.3, -0.25) is 4.79 Å². The number of ether oxygens (including phenoxy) is 1. The number of halogens is 2. The number of carbonyl (C=O) groups excluding carboxylic acids is 1. The van der Waals surface area contributed by atoms with E-state index in [1.54, 1.807) is 0 Å². The van der Waals surface area contributed by atoms with Crippen molar-refractivity contribution in [1.29, 1.82) is 0 Å². The highest BCUT2D eigenvalue weighted by Gasteiger charge is 2.15. The predicted octanol–water partition coefficient (Wildman–Crippen LogP) is 2.50. The molecule has 23 heavy (non-hydrogen) atoms. The number of benzene rings is 1. The number of carbonyl (C=O) groups is 2. The fourth-order valence-electron chi connectivity index (χ4n) is 1.86. The molecular weight excluding hydrogens is 327 g/mol. The first-order chi connectivity index (χ1) is 10.9. The van der Waals surface area contributed by atoms with Crippen LogP contribution in [0.4, 0.5) is 9.18 Å². The fourth-order valence-corrected chi connectivity index (χ4v) is 2.08. The molecule has 0 aromatic heterocycles. The number of amides is 2. The van der Waals surface area contributed by atoms with Crippen LogP contribution in [-0.2, 0) is 16.1 Å². The van der Waals surface area contributed by atoms with Gasteiger partial charge in [0.1, 0.15) is 5.82 Å². The van der Waals surface area contributed by atoms with E-state index in [4.69, 9.17) is 21.4 Å². The molecule has 8 heteroatoms. The van der Waals surface area contributed by atoms with Gasteiger partial charge in [0.15, 0.2) is 0 Å². The van der Waals surface area contributed by atoms with Crippen molar-refractivity contribution in [3.63, 3.8) is 0 Å². The first-order valence-corrected chi connectivity index (χ1v) is 7.49. The summed E-state index contributed by atoms with van der Waals surface area (Å²) in [7, 11) is 1.52. The number of nitrogens with one attached hydrogen (secondary N) is 1.